The lowest BCUT2D eigenvalue weighted by Crippen LogP contribution is -2.49. The van der Waals surface area contributed by atoms with Crippen LogP contribution < -0.4 is 9.47 Å². The third-order valence-corrected chi connectivity index (χ3v) is 5.74. The lowest BCUT2D eigenvalue weighted by atomic mass is 9.97. The molecule has 2 aromatic carbocycles. The van der Waals surface area contributed by atoms with E-state index in [2.05, 4.69) is 24.0 Å². The Kier molecular flexibility index (Phi) is 7.53. The summed E-state index contributed by atoms with van der Waals surface area (Å²) in [5.74, 6) is 2.21. The summed E-state index contributed by atoms with van der Waals surface area (Å²) in [4.78, 5) is 17.2. The van der Waals surface area contributed by atoms with E-state index in [4.69, 9.17) is 9.47 Å². The van der Waals surface area contributed by atoms with Gasteiger partial charge >= 0.3 is 0 Å². The molecule has 2 aromatic rings. The number of hydrogen-bond acceptors (Lipinski definition) is 4. The Labute approximate surface area is 174 Å². The molecule has 0 spiro atoms. The van der Waals surface area contributed by atoms with Gasteiger partial charge in [0, 0.05) is 39.1 Å². The predicted octanol–water partition coefficient (Wildman–Crippen LogP) is 3.58. The van der Waals surface area contributed by atoms with Crippen LogP contribution in [-0.2, 0) is 11.2 Å². The molecular formula is C24H32N2O3. The van der Waals surface area contributed by atoms with Crippen LogP contribution in [0.15, 0.2) is 48.5 Å². The van der Waals surface area contributed by atoms with E-state index in [1.807, 2.05) is 41.3 Å². The molecule has 0 radical (unpaired) electrons. The molecule has 0 aromatic heterocycles. The Hall–Kier alpha value is -2.53. The Morgan fingerprint density at radius 1 is 0.966 bits per heavy atom. The first-order valence-corrected chi connectivity index (χ1v) is 10.4. The SMILES string of the molecule is COc1ccc(C(C)CC(=O)N2CCN(CCc3cccc(OC)c3)CC2)cc1. The van der Waals surface area contributed by atoms with Crippen molar-refractivity contribution in [2.24, 2.45) is 0 Å². The van der Waals surface area contributed by atoms with Gasteiger partial charge in [0.25, 0.3) is 0 Å². The third-order valence-electron chi connectivity index (χ3n) is 5.74. The first kappa shape index (κ1) is 21.2. The highest BCUT2D eigenvalue weighted by Crippen LogP contribution is 2.23. The number of carbonyl (C=O) groups is 1. The topological polar surface area (TPSA) is 42.0 Å². The number of nitrogens with zero attached hydrogens (tertiary/aromatic N) is 2. The summed E-state index contributed by atoms with van der Waals surface area (Å²) in [5, 5.41) is 0. The molecule has 3 rings (SSSR count). The summed E-state index contributed by atoms with van der Waals surface area (Å²) in [6, 6.07) is 16.3. The monoisotopic (exact) mass is 396 g/mol. The van der Waals surface area contributed by atoms with Crippen LogP contribution in [0.4, 0.5) is 0 Å². The van der Waals surface area contributed by atoms with Crippen LogP contribution in [0, 0.1) is 0 Å². The van der Waals surface area contributed by atoms with Crippen molar-refractivity contribution < 1.29 is 14.3 Å². The van der Waals surface area contributed by atoms with E-state index in [0.717, 1.165) is 50.6 Å². The lowest BCUT2D eigenvalue weighted by molar-refractivity contribution is -0.133. The van der Waals surface area contributed by atoms with Gasteiger partial charge < -0.3 is 14.4 Å². The minimum Gasteiger partial charge on any atom is -0.497 e. The van der Waals surface area contributed by atoms with Gasteiger partial charge in [-0.05, 0) is 47.7 Å². The maximum Gasteiger partial charge on any atom is 0.223 e. The van der Waals surface area contributed by atoms with Crippen LogP contribution in [0.2, 0.25) is 0 Å². The summed E-state index contributed by atoms with van der Waals surface area (Å²) in [5.41, 5.74) is 2.47. The van der Waals surface area contributed by atoms with Gasteiger partial charge in [-0.25, -0.2) is 0 Å². The van der Waals surface area contributed by atoms with Crippen LogP contribution in [0.5, 0.6) is 11.5 Å². The smallest absolute Gasteiger partial charge is 0.223 e. The minimum absolute atomic E-state index is 0.208. The highest BCUT2D eigenvalue weighted by Gasteiger charge is 2.22. The average Bonchev–Trinajstić information content (AvgIpc) is 2.78. The number of piperazine rings is 1. The van der Waals surface area contributed by atoms with Gasteiger partial charge in [-0.1, -0.05) is 31.2 Å². The maximum atomic E-state index is 12.7. The molecule has 1 amide bonds. The van der Waals surface area contributed by atoms with Gasteiger partial charge in [-0.3, -0.25) is 9.69 Å². The maximum absolute atomic E-state index is 12.7. The first-order valence-electron chi connectivity index (χ1n) is 10.4. The second kappa shape index (κ2) is 10.3. The number of benzene rings is 2. The van der Waals surface area contributed by atoms with Crippen LogP contribution >= 0.6 is 0 Å². The van der Waals surface area contributed by atoms with Crippen LogP contribution in [0.25, 0.3) is 0 Å². The Balaban J connectivity index is 1.42. The molecule has 0 N–H and O–H groups in total. The molecule has 1 atom stereocenters. The fraction of sp³-hybridized carbons (Fsp3) is 0.458. The van der Waals surface area contributed by atoms with Crippen LogP contribution in [0.1, 0.15) is 30.4 Å². The van der Waals surface area contributed by atoms with E-state index in [1.165, 1.54) is 11.1 Å². The summed E-state index contributed by atoms with van der Waals surface area (Å²) in [6.45, 7) is 6.62. The lowest BCUT2D eigenvalue weighted by Gasteiger charge is -2.35. The molecule has 1 fully saturated rings. The average molecular weight is 397 g/mol. The normalized spacial score (nSPS) is 15.8. The largest absolute Gasteiger partial charge is 0.497 e. The zero-order valence-corrected chi connectivity index (χ0v) is 17.8. The fourth-order valence-electron chi connectivity index (χ4n) is 3.78. The van der Waals surface area contributed by atoms with Gasteiger partial charge in [0.15, 0.2) is 0 Å². The molecule has 0 bridgehead atoms. The molecule has 156 valence electrons. The highest BCUT2D eigenvalue weighted by atomic mass is 16.5. The number of ether oxygens (including phenoxy) is 2. The van der Waals surface area contributed by atoms with Crippen molar-refractivity contribution in [3.05, 3.63) is 59.7 Å². The van der Waals surface area contributed by atoms with Crippen molar-refractivity contribution in [2.45, 2.75) is 25.7 Å². The molecular weight excluding hydrogens is 364 g/mol. The number of carbonyl (C=O) groups excluding carboxylic acids is 1. The van der Waals surface area contributed by atoms with Crippen LogP contribution in [-0.4, -0.2) is 62.7 Å². The zero-order valence-electron chi connectivity index (χ0n) is 17.8. The summed E-state index contributed by atoms with van der Waals surface area (Å²) in [6.07, 6.45) is 1.55. The molecule has 1 saturated heterocycles. The summed E-state index contributed by atoms with van der Waals surface area (Å²) < 4.78 is 10.5. The van der Waals surface area contributed by atoms with Crippen LogP contribution in [0.3, 0.4) is 0 Å². The first-order chi connectivity index (χ1) is 14.1. The number of methoxy groups -OCH3 is 2. The zero-order chi connectivity index (χ0) is 20.6. The number of amides is 1. The molecule has 5 nitrogen and oxygen atoms in total. The Morgan fingerprint density at radius 2 is 1.66 bits per heavy atom. The number of hydrogen-bond donors (Lipinski definition) is 0. The van der Waals surface area contributed by atoms with E-state index in [1.54, 1.807) is 14.2 Å². The molecule has 1 aliphatic heterocycles. The van der Waals surface area contributed by atoms with Crippen molar-refractivity contribution >= 4 is 5.91 Å². The van der Waals surface area contributed by atoms with Gasteiger partial charge in [-0.2, -0.15) is 0 Å². The van der Waals surface area contributed by atoms with Crippen molar-refractivity contribution in [1.29, 1.82) is 0 Å². The van der Waals surface area contributed by atoms with Gasteiger partial charge in [0.2, 0.25) is 5.91 Å². The van der Waals surface area contributed by atoms with Gasteiger partial charge in [-0.15, -0.1) is 0 Å². The molecule has 29 heavy (non-hydrogen) atoms. The second-order valence-corrected chi connectivity index (χ2v) is 7.70. The quantitative estimate of drug-likeness (QED) is 0.684. The molecule has 5 heteroatoms. The third kappa shape index (κ3) is 5.97. The molecule has 1 aliphatic rings. The highest BCUT2D eigenvalue weighted by molar-refractivity contribution is 5.77. The molecule has 1 heterocycles. The van der Waals surface area contributed by atoms with Crippen molar-refractivity contribution in [3.63, 3.8) is 0 Å². The molecule has 0 saturated carbocycles. The van der Waals surface area contributed by atoms with Gasteiger partial charge in [0.1, 0.15) is 11.5 Å². The minimum atomic E-state index is 0.208. The summed E-state index contributed by atoms with van der Waals surface area (Å²) in [7, 11) is 3.36. The Morgan fingerprint density at radius 3 is 2.31 bits per heavy atom. The van der Waals surface area contributed by atoms with Gasteiger partial charge in [0.05, 0.1) is 14.2 Å². The van der Waals surface area contributed by atoms with E-state index < -0.39 is 0 Å². The van der Waals surface area contributed by atoms with E-state index in [0.29, 0.717) is 6.42 Å². The predicted molar refractivity (Wildman–Crippen MR) is 116 cm³/mol. The van der Waals surface area contributed by atoms with Crippen molar-refractivity contribution in [2.75, 3.05) is 46.9 Å². The van der Waals surface area contributed by atoms with E-state index in [9.17, 15) is 4.79 Å². The van der Waals surface area contributed by atoms with Crippen molar-refractivity contribution in [3.8, 4) is 11.5 Å². The van der Waals surface area contributed by atoms with Crippen molar-refractivity contribution in [1.82, 2.24) is 9.80 Å². The van der Waals surface area contributed by atoms with E-state index >= 15 is 0 Å². The second-order valence-electron chi connectivity index (χ2n) is 7.70. The summed E-state index contributed by atoms with van der Waals surface area (Å²) >= 11 is 0. The number of rotatable bonds is 8. The van der Waals surface area contributed by atoms with E-state index in [-0.39, 0.29) is 11.8 Å². The molecule has 1 unspecified atom stereocenters. The Bertz CT molecular complexity index is 783. The molecule has 0 aliphatic carbocycles. The fourth-order valence-corrected chi connectivity index (χ4v) is 3.78. The standard InChI is InChI=1S/C24H32N2O3/c1-19(21-7-9-22(28-2)10-8-21)17-24(27)26-15-13-25(14-16-26)12-11-20-5-4-6-23(18-20)29-3/h4-10,18-19H,11-17H2,1-3H3.